The molecular formula is C22H23ClN4O2. The Bertz CT molecular complexity index is 1070. The van der Waals surface area contributed by atoms with E-state index in [-0.39, 0.29) is 11.4 Å². The fraction of sp³-hybridized carbons (Fsp3) is 0.318. The molecule has 3 aromatic rings. The summed E-state index contributed by atoms with van der Waals surface area (Å²) in [6, 6.07) is 14.3. The smallest absolute Gasteiger partial charge is 0.296 e. The molecule has 150 valence electrons. The largest absolute Gasteiger partial charge is 0.493 e. The number of rotatable bonds is 4. The number of hydrogen-bond acceptors (Lipinski definition) is 4. The summed E-state index contributed by atoms with van der Waals surface area (Å²) in [5.41, 5.74) is 1.44. The number of piperidine rings is 1. The molecule has 1 aliphatic heterocycles. The molecule has 0 radical (unpaired) electrons. The van der Waals surface area contributed by atoms with E-state index in [9.17, 15) is 9.90 Å². The zero-order chi connectivity index (χ0) is 20.4. The number of fused-ring (bicyclic) bond motifs is 1. The van der Waals surface area contributed by atoms with Crippen molar-refractivity contribution in [2.75, 3.05) is 13.1 Å². The molecule has 0 bridgehead atoms. The molecule has 0 aliphatic carbocycles. The summed E-state index contributed by atoms with van der Waals surface area (Å²) in [6.45, 7) is 4.84. The van der Waals surface area contributed by atoms with Gasteiger partial charge in [0.05, 0.1) is 22.8 Å². The molecule has 2 heterocycles. The summed E-state index contributed by atoms with van der Waals surface area (Å²) in [5, 5.41) is 19.9. The first-order chi connectivity index (χ1) is 14.0. The van der Waals surface area contributed by atoms with Crippen LogP contribution in [0.4, 0.5) is 5.69 Å². The third-order valence-electron chi connectivity index (χ3n) is 5.48. The molecule has 0 unspecified atom stereocenters. The Balaban J connectivity index is 1.65. The lowest BCUT2D eigenvalue weighted by atomic mass is 10.00. The average Bonchev–Trinajstić information content (AvgIpc) is 2.99. The van der Waals surface area contributed by atoms with Gasteiger partial charge in [0.2, 0.25) is 5.88 Å². The molecule has 6 nitrogen and oxygen atoms in total. The number of aromatic hydroxyl groups is 1. The Hall–Kier alpha value is -2.70. The summed E-state index contributed by atoms with van der Waals surface area (Å²) >= 11 is 6.07. The zero-order valence-electron chi connectivity index (χ0n) is 16.3. The number of nitrogens with zero attached hydrogens (tertiary/aromatic N) is 4. The van der Waals surface area contributed by atoms with Gasteiger partial charge in [-0.3, -0.25) is 14.3 Å². The van der Waals surface area contributed by atoms with Crippen molar-refractivity contribution in [3.63, 3.8) is 0 Å². The van der Waals surface area contributed by atoms with Crippen LogP contribution in [-0.2, 0) is 6.67 Å². The van der Waals surface area contributed by atoms with Crippen LogP contribution in [0.2, 0.25) is 5.02 Å². The van der Waals surface area contributed by atoms with E-state index < -0.39 is 5.91 Å². The van der Waals surface area contributed by atoms with Crippen molar-refractivity contribution in [2.24, 2.45) is 16.1 Å². The van der Waals surface area contributed by atoms with Gasteiger partial charge in [-0.25, -0.2) is 0 Å². The van der Waals surface area contributed by atoms with E-state index in [0.29, 0.717) is 17.4 Å². The molecule has 1 aromatic heterocycles. The molecule has 7 heteroatoms. The Morgan fingerprint density at radius 2 is 1.83 bits per heavy atom. The van der Waals surface area contributed by atoms with Crippen molar-refractivity contribution in [1.29, 1.82) is 0 Å². The van der Waals surface area contributed by atoms with Crippen LogP contribution < -0.4 is 0 Å². The van der Waals surface area contributed by atoms with Crippen molar-refractivity contribution >= 4 is 34.1 Å². The third-order valence-corrected chi connectivity index (χ3v) is 5.81. The van der Waals surface area contributed by atoms with Crippen molar-refractivity contribution < 1.29 is 9.90 Å². The highest BCUT2D eigenvalue weighted by molar-refractivity contribution is 6.33. The van der Waals surface area contributed by atoms with Crippen LogP contribution in [0, 0.1) is 5.92 Å². The molecule has 1 amide bonds. The molecule has 0 spiro atoms. The van der Waals surface area contributed by atoms with Crippen LogP contribution in [0.15, 0.2) is 58.8 Å². The first-order valence-electron chi connectivity index (χ1n) is 9.77. The highest BCUT2D eigenvalue weighted by atomic mass is 35.5. The molecule has 4 rings (SSSR count). The second kappa shape index (κ2) is 8.35. The summed E-state index contributed by atoms with van der Waals surface area (Å²) in [7, 11) is 0. The number of hydrogen-bond donors (Lipinski definition) is 1. The summed E-state index contributed by atoms with van der Waals surface area (Å²) < 4.78 is 1.83. The molecule has 1 aliphatic rings. The van der Waals surface area contributed by atoms with Gasteiger partial charge in [-0.15, -0.1) is 10.2 Å². The van der Waals surface area contributed by atoms with Gasteiger partial charge in [-0.05, 0) is 37.0 Å². The van der Waals surface area contributed by atoms with Crippen LogP contribution in [0.3, 0.4) is 0 Å². The molecule has 0 atom stereocenters. The summed E-state index contributed by atoms with van der Waals surface area (Å²) in [4.78, 5) is 14.7. The minimum atomic E-state index is -0.545. The minimum Gasteiger partial charge on any atom is -0.493 e. The molecule has 1 N–H and O–H groups in total. The van der Waals surface area contributed by atoms with E-state index in [0.717, 1.165) is 42.8 Å². The van der Waals surface area contributed by atoms with Crippen LogP contribution in [-0.4, -0.2) is 33.6 Å². The maximum Gasteiger partial charge on any atom is 0.296 e. The average molecular weight is 411 g/mol. The Morgan fingerprint density at radius 3 is 2.59 bits per heavy atom. The van der Waals surface area contributed by atoms with E-state index in [2.05, 4.69) is 22.1 Å². The number of likely N-dealkylation sites (tertiary alicyclic amines) is 1. The first kappa shape index (κ1) is 19.6. The number of carbonyl (C=O) groups excluding carboxylic acids is 1. The lowest BCUT2D eigenvalue weighted by Gasteiger charge is -2.30. The minimum absolute atomic E-state index is 0.0144. The van der Waals surface area contributed by atoms with Crippen LogP contribution >= 0.6 is 11.6 Å². The molecule has 0 saturated carbocycles. The van der Waals surface area contributed by atoms with Gasteiger partial charge in [-0.2, -0.15) is 0 Å². The fourth-order valence-corrected chi connectivity index (χ4v) is 3.92. The Morgan fingerprint density at radius 1 is 1.14 bits per heavy atom. The van der Waals surface area contributed by atoms with E-state index in [1.165, 1.54) is 0 Å². The van der Waals surface area contributed by atoms with Crippen molar-refractivity contribution in [2.45, 2.75) is 26.4 Å². The van der Waals surface area contributed by atoms with Crippen molar-refractivity contribution in [1.82, 2.24) is 9.47 Å². The number of amides is 1. The van der Waals surface area contributed by atoms with Crippen molar-refractivity contribution in [3.05, 3.63) is 59.1 Å². The number of azo groups is 1. The van der Waals surface area contributed by atoms with Crippen LogP contribution in [0.25, 0.3) is 10.9 Å². The van der Waals surface area contributed by atoms with Gasteiger partial charge in [0, 0.05) is 18.5 Å². The van der Waals surface area contributed by atoms with Gasteiger partial charge in [0.25, 0.3) is 5.91 Å². The first-order valence-corrected chi connectivity index (χ1v) is 10.2. The predicted octanol–water partition coefficient (Wildman–Crippen LogP) is 5.61. The SMILES string of the molecule is CC1CCN(Cn2c(O)c(N=NC(=O)c3ccccc3Cl)c3ccccc32)CC1. The van der Waals surface area contributed by atoms with Gasteiger partial charge >= 0.3 is 0 Å². The van der Waals surface area contributed by atoms with Crippen LogP contribution in [0.1, 0.15) is 30.1 Å². The lowest BCUT2D eigenvalue weighted by Crippen LogP contribution is -2.34. The van der Waals surface area contributed by atoms with E-state index in [1.807, 2.05) is 28.8 Å². The molecule has 1 saturated heterocycles. The quantitative estimate of drug-likeness (QED) is 0.568. The fourth-order valence-electron chi connectivity index (χ4n) is 3.70. The van der Waals surface area contributed by atoms with E-state index >= 15 is 0 Å². The maximum absolute atomic E-state index is 12.4. The highest BCUT2D eigenvalue weighted by Gasteiger charge is 2.21. The molecular weight excluding hydrogens is 388 g/mol. The van der Waals surface area contributed by atoms with E-state index in [1.54, 1.807) is 24.3 Å². The monoisotopic (exact) mass is 410 g/mol. The van der Waals surface area contributed by atoms with Crippen LogP contribution in [0.5, 0.6) is 5.88 Å². The summed E-state index contributed by atoms with van der Waals surface area (Å²) in [5.74, 6) is 0.207. The molecule has 1 fully saturated rings. The molecule has 29 heavy (non-hydrogen) atoms. The van der Waals surface area contributed by atoms with Gasteiger partial charge in [0.1, 0.15) is 0 Å². The number of para-hydroxylation sites is 1. The number of carbonyl (C=O) groups is 1. The predicted molar refractivity (Wildman–Crippen MR) is 114 cm³/mol. The standard InChI is InChI=1S/C22H23ClN4O2/c1-15-10-12-26(13-11-15)14-27-19-9-5-3-7-17(19)20(22(27)29)24-25-21(28)16-6-2-4-8-18(16)23/h2-9,15,29H,10-14H2,1H3. The number of halogens is 1. The van der Waals surface area contributed by atoms with Crippen molar-refractivity contribution in [3.8, 4) is 5.88 Å². The zero-order valence-corrected chi connectivity index (χ0v) is 17.0. The highest BCUT2D eigenvalue weighted by Crippen LogP contribution is 2.39. The number of benzene rings is 2. The Labute approximate surface area is 174 Å². The topological polar surface area (TPSA) is 70.2 Å². The third kappa shape index (κ3) is 4.04. The second-order valence-corrected chi connectivity index (χ2v) is 7.95. The van der Waals surface area contributed by atoms with Gasteiger partial charge in [-0.1, -0.05) is 48.9 Å². The van der Waals surface area contributed by atoms with Gasteiger partial charge < -0.3 is 5.11 Å². The lowest BCUT2D eigenvalue weighted by molar-refractivity contribution is 0.0995. The van der Waals surface area contributed by atoms with E-state index in [4.69, 9.17) is 11.6 Å². The maximum atomic E-state index is 12.4. The second-order valence-electron chi connectivity index (χ2n) is 7.54. The number of aromatic nitrogens is 1. The normalized spacial score (nSPS) is 16.1. The Kier molecular flexibility index (Phi) is 5.65. The summed E-state index contributed by atoms with van der Waals surface area (Å²) in [6.07, 6.45) is 2.30. The van der Waals surface area contributed by atoms with Gasteiger partial charge in [0.15, 0.2) is 5.69 Å². The molecule has 2 aromatic carbocycles.